The largest absolute Gasteiger partial charge is 0.496 e. The summed E-state index contributed by atoms with van der Waals surface area (Å²) in [5, 5.41) is 17.7. The molecule has 0 atom stereocenters. The number of aliphatic carboxylic acids is 1. The number of benzene rings is 1. The maximum absolute atomic E-state index is 10.7. The summed E-state index contributed by atoms with van der Waals surface area (Å²) in [6.45, 7) is 1.94. The van der Waals surface area contributed by atoms with Crippen LogP contribution >= 0.6 is 0 Å². The van der Waals surface area contributed by atoms with Gasteiger partial charge in [-0.15, -0.1) is 0 Å². The predicted molar refractivity (Wildman–Crippen MR) is 58.4 cm³/mol. The molecule has 0 amide bonds. The van der Waals surface area contributed by atoms with Crippen molar-refractivity contribution in [1.82, 2.24) is 0 Å². The van der Waals surface area contributed by atoms with E-state index in [9.17, 15) is 4.79 Å². The fraction of sp³-hybridized carbons (Fsp3) is 0.333. The maximum Gasteiger partial charge on any atom is 0.307 e. The van der Waals surface area contributed by atoms with Crippen LogP contribution in [0.1, 0.15) is 23.6 Å². The van der Waals surface area contributed by atoms with Gasteiger partial charge in [0, 0.05) is 5.56 Å². The summed E-state index contributed by atoms with van der Waals surface area (Å²) in [6.07, 6.45) is 0.578. The number of hydrogen-bond acceptors (Lipinski definition) is 3. The molecule has 4 heteroatoms. The normalized spacial score (nSPS) is 9.56. The standard InChI is InChI=1S/C12H13NO3/c1-3-8-5-11(16-2)9(6-12(14)15)4-10(8)7-13/h4-5H,3,6H2,1-2H3,(H,14,15). The van der Waals surface area contributed by atoms with Crippen molar-refractivity contribution < 1.29 is 14.6 Å². The first kappa shape index (κ1) is 12.1. The molecule has 0 aromatic heterocycles. The topological polar surface area (TPSA) is 70.3 Å². The van der Waals surface area contributed by atoms with Gasteiger partial charge < -0.3 is 9.84 Å². The van der Waals surface area contributed by atoms with Crippen LogP contribution in [0.3, 0.4) is 0 Å². The molecular weight excluding hydrogens is 206 g/mol. The Kier molecular flexibility index (Phi) is 3.90. The fourth-order valence-corrected chi connectivity index (χ4v) is 1.55. The molecule has 1 rings (SSSR count). The van der Waals surface area contributed by atoms with E-state index in [0.29, 0.717) is 23.3 Å². The van der Waals surface area contributed by atoms with E-state index in [4.69, 9.17) is 15.1 Å². The molecule has 1 N–H and O–H groups in total. The number of methoxy groups -OCH3 is 1. The van der Waals surface area contributed by atoms with Crippen LogP contribution in [0, 0.1) is 11.3 Å². The van der Waals surface area contributed by atoms with Gasteiger partial charge in [0.05, 0.1) is 25.2 Å². The number of carboxylic acids is 1. The van der Waals surface area contributed by atoms with Crippen LogP contribution in [0.25, 0.3) is 0 Å². The number of rotatable bonds is 4. The summed E-state index contributed by atoms with van der Waals surface area (Å²) in [4.78, 5) is 10.7. The van der Waals surface area contributed by atoms with Gasteiger partial charge in [0.2, 0.25) is 0 Å². The van der Waals surface area contributed by atoms with Gasteiger partial charge in [-0.25, -0.2) is 0 Å². The van der Waals surface area contributed by atoms with Crippen molar-refractivity contribution in [3.63, 3.8) is 0 Å². The van der Waals surface area contributed by atoms with E-state index in [1.54, 1.807) is 12.1 Å². The molecule has 0 fully saturated rings. The van der Waals surface area contributed by atoms with E-state index in [1.165, 1.54) is 7.11 Å². The smallest absolute Gasteiger partial charge is 0.307 e. The van der Waals surface area contributed by atoms with Crippen LogP contribution in [0.5, 0.6) is 5.75 Å². The van der Waals surface area contributed by atoms with Crippen LogP contribution in [0.15, 0.2) is 12.1 Å². The van der Waals surface area contributed by atoms with Gasteiger partial charge in [-0.1, -0.05) is 6.92 Å². The Morgan fingerprint density at radius 3 is 2.62 bits per heavy atom. The molecule has 0 spiro atoms. The number of hydrogen-bond donors (Lipinski definition) is 1. The highest BCUT2D eigenvalue weighted by Gasteiger charge is 2.11. The molecule has 4 nitrogen and oxygen atoms in total. The van der Waals surface area contributed by atoms with Crippen LogP contribution in [-0.2, 0) is 17.6 Å². The summed E-state index contributed by atoms with van der Waals surface area (Å²) in [7, 11) is 1.49. The van der Waals surface area contributed by atoms with Gasteiger partial charge in [0.25, 0.3) is 0 Å². The number of nitrogens with zero attached hydrogens (tertiary/aromatic N) is 1. The third-order valence-corrected chi connectivity index (χ3v) is 2.35. The van der Waals surface area contributed by atoms with Gasteiger partial charge >= 0.3 is 5.97 Å². The number of carbonyl (C=O) groups is 1. The van der Waals surface area contributed by atoms with Gasteiger partial charge in [0.1, 0.15) is 5.75 Å². The van der Waals surface area contributed by atoms with Gasteiger partial charge in [-0.05, 0) is 24.1 Å². The molecule has 0 aliphatic rings. The van der Waals surface area contributed by atoms with E-state index in [2.05, 4.69) is 6.07 Å². The van der Waals surface area contributed by atoms with Crippen molar-refractivity contribution in [3.8, 4) is 11.8 Å². The first-order valence-electron chi connectivity index (χ1n) is 4.94. The molecule has 0 aliphatic carbocycles. The van der Waals surface area contributed by atoms with E-state index in [1.807, 2.05) is 6.92 Å². The summed E-state index contributed by atoms with van der Waals surface area (Å²) in [5.41, 5.74) is 1.91. The molecule has 0 unspecified atom stereocenters. The Morgan fingerprint density at radius 2 is 2.19 bits per heavy atom. The summed E-state index contributed by atoms with van der Waals surface area (Å²) in [6, 6.07) is 5.38. The summed E-state index contributed by atoms with van der Waals surface area (Å²) < 4.78 is 5.12. The molecule has 0 radical (unpaired) electrons. The molecule has 1 aromatic carbocycles. The van der Waals surface area contributed by atoms with Gasteiger partial charge in [-0.3, -0.25) is 4.79 Å². The lowest BCUT2D eigenvalue weighted by Crippen LogP contribution is -2.04. The molecule has 1 aromatic rings. The monoisotopic (exact) mass is 219 g/mol. The van der Waals surface area contributed by atoms with Crippen molar-refractivity contribution in [2.24, 2.45) is 0 Å². The van der Waals surface area contributed by atoms with E-state index < -0.39 is 5.97 Å². The highest BCUT2D eigenvalue weighted by atomic mass is 16.5. The molecular formula is C12H13NO3. The second-order valence-corrected chi connectivity index (χ2v) is 3.36. The molecule has 16 heavy (non-hydrogen) atoms. The van der Waals surface area contributed by atoms with E-state index in [-0.39, 0.29) is 6.42 Å². The average Bonchev–Trinajstić information content (AvgIpc) is 2.27. The molecule has 0 heterocycles. The van der Waals surface area contributed by atoms with E-state index in [0.717, 1.165) is 5.56 Å². The van der Waals surface area contributed by atoms with Crippen molar-refractivity contribution in [2.45, 2.75) is 19.8 Å². The van der Waals surface area contributed by atoms with Gasteiger partial charge in [0.15, 0.2) is 0 Å². The van der Waals surface area contributed by atoms with Gasteiger partial charge in [-0.2, -0.15) is 5.26 Å². The highest BCUT2D eigenvalue weighted by Crippen LogP contribution is 2.24. The SMILES string of the molecule is CCc1cc(OC)c(CC(=O)O)cc1C#N. The minimum atomic E-state index is -0.938. The summed E-state index contributed by atoms with van der Waals surface area (Å²) >= 11 is 0. The lowest BCUT2D eigenvalue weighted by Gasteiger charge is -2.10. The van der Waals surface area contributed by atoms with Crippen LogP contribution in [-0.4, -0.2) is 18.2 Å². The average molecular weight is 219 g/mol. The summed E-state index contributed by atoms with van der Waals surface area (Å²) in [5.74, 6) is -0.412. The molecule has 0 saturated carbocycles. The Morgan fingerprint density at radius 1 is 1.50 bits per heavy atom. The van der Waals surface area contributed by atoms with Crippen LogP contribution < -0.4 is 4.74 Å². The second-order valence-electron chi connectivity index (χ2n) is 3.36. The Labute approximate surface area is 94.1 Å². The Bertz CT molecular complexity index is 446. The highest BCUT2D eigenvalue weighted by molar-refractivity contribution is 5.72. The molecule has 84 valence electrons. The zero-order chi connectivity index (χ0) is 12.1. The predicted octanol–water partition coefficient (Wildman–Crippen LogP) is 1.76. The van der Waals surface area contributed by atoms with Crippen LogP contribution in [0.4, 0.5) is 0 Å². The van der Waals surface area contributed by atoms with Crippen LogP contribution in [0.2, 0.25) is 0 Å². The number of ether oxygens (including phenoxy) is 1. The third kappa shape index (κ3) is 2.51. The minimum Gasteiger partial charge on any atom is -0.496 e. The lowest BCUT2D eigenvalue weighted by atomic mass is 10.00. The number of carboxylic acid groups (broad SMARTS) is 1. The first-order chi connectivity index (χ1) is 7.62. The molecule has 0 aliphatic heterocycles. The quantitative estimate of drug-likeness (QED) is 0.837. The maximum atomic E-state index is 10.7. The van der Waals surface area contributed by atoms with Crippen molar-refractivity contribution in [2.75, 3.05) is 7.11 Å². The minimum absolute atomic E-state index is 0.137. The number of nitriles is 1. The van der Waals surface area contributed by atoms with Crippen molar-refractivity contribution in [3.05, 3.63) is 28.8 Å². The first-order valence-corrected chi connectivity index (χ1v) is 4.94. The lowest BCUT2D eigenvalue weighted by molar-refractivity contribution is -0.136. The Balaban J connectivity index is 3.27. The molecule has 0 bridgehead atoms. The zero-order valence-corrected chi connectivity index (χ0v) is 9.28. The van der Waals surface area contributed by atoms with Crippen molar-refractivity contribution in [1.29, 1.82) is 5.26 Å². The zero-order valence-electron chi connectivity index (χ0n) is 9.28. The second kappa shape index (κ2) is 5.17. The third-order valence-electron chi connectivity index (χ3n) is 2.35. The van der Waals surface area contributed by atoms with E-state index >= 15 is 0 Å². The fourth-order valence-electron chi connectivity index (χ4n) is 1.55. The Hall–Kier alpha value is -2.02. The molecule has 0 saturated heterocycles. The van der Waals surface area contributed by atoms with Crippen molar-refractivity contribution >= 4 is 5.97 Å². The number of aryl methyl sites for hydroxylation is 1.